The van der Waals surface area contributed by atoms with Gasteiger partial charge in [0.15, 0.2) is 0 Å². The van der Waals surface area contributed by atoms with Crippen LogP contribution in [0.2, 0.25) is 0 Å². The molecule has 0 N–H and O–H groups in total. The molecule has 0 heterocycles. The third-order valence-corrected chi connectivity index (χ3v) is 2.11. The molecule has 0 fully saturated rings. The Kier molecular flexibility index (Phi) is 3.44. The second-order valence-corrected chi connectivity index (χ2v) is 6.09. The molecule has 0 aromatic heterocycles. The van der Waals surface area contributed by atoms with Gasteiger partial charge in [0.25, 0.3) is 0 Å². The molecule has 0 saturated carbocycles. The number of halogens is 2. The molecule has 0 atom stereocenters. The van der Waals surface area contributed by atoms with Crippen LogP contribution in [0.15, 0.2) is 18.2 Å². The number of nitro benzene ring substituents is 1. The summed E-state index contributed by atoms with van der Waals surface area (Å²) in [5.74, 6) is -0.795. The second kappa shape index (κ2) is 4.26. The highest BCUT2D eigenvalue weighted by atomic mass is 79.9. The van der Waals surface area contributed by atoms with Gasteiger partial charge in [-0.25, -0.2) is 0 Å². The lowest BCUT2D eigenvalue weighted by atomic mass is 10.0. The van der Waals surface area contributed by atoms with Crippen LogP contribution >= 0.6 is 15.9 Å². The van der Waals surface area contributed by atoms with Crippen LogP contribution in [0, 0.1) is 15.9 Å². The first kappa shape index (κ1) is 12.1. The number of hydrogen-bond acceptors (Lipinski definition) is 2. The summed E-state index contributed by atoms with van der Waals surface area (Å²) in [6, 6.07) is 3.97. The summed E-state index contributed by atoms with van der Waals surface area (Å²) < 4.78 is 12.8. The average Bonchev–Trinajstić information content (AvgIpc) is 2.05. The minimum Gasteiger partial charge on any atom is -0.258 e. The van der Waals surface area contributed by atoms with Gasteiger partial charge >= 0.3 is 5.69 Å². The van der Waals surface area contributed by atoms with Gasteiger partial charge in [0.1, 0.15) is 0 Å². The Morgan fingerprint density at radius 3 is 2.60 bits per heavy atom. The van der Waals surface area contributed by atoms with Crippen LogP contribution in [0.25, 0.3) is 0 Å². The molecule has 0 spiro atoms. The van der Waals surface area contributed by atoms with E-state index in [1.165, 1.54) is 6.07 Å². The summed E-state index contributed by atoms with van der Waals surface area (Å²) in [7, 11) is 0. The largest absolute Gasteiger partial charge is 0.305 e. The predicted molar refractivity (Wildman–Crippen MR) is 59.8 cm³/mol. The van der Waals surface area contributed by atoms with E-state index in [1.807, 2.05) is 13.8 Å². The van der Waals surface area contributed by atoms with Gasteiger partial charge in [-0.3, -0.25) is 10.1 Å². The molecular weight excluding hydrogens is 265 g/mol. The Morgan fingerprint density at radius 1 is 1.53 bits per heavy atom. The molecule has 0 amide bonds. The van der Waals surface area contributed by atoms with E-state index in [1.54, 1.807) is 6.07 Å². The Morgan fingerprint density at radius 2 is 2.13 bits per heavy atom. The molecule has 5 heteroatoms. The molecule has 1 aromatic rings. The van der Waals surface area contributed by atoms with Crippen LogP contribution in [0.5, 0.6) is 0 Å². The highest BCUT2D eigenvalue weighted by Gasteiger charge is 2.18. The Labute approximate surface area is 95.6 Å². The van der Waals surface area contributed by atoms with Crippen molar-refractivity contribution in [3.63, 3.8) is 0 Å². The maximum absolute atomic E-state index is 13.0. The lowest BCUT2D eigenvalue weighted by Crippen LogP contribution is -2.13. The number of hydrogen-bond donors (Lipinski definition) is 0. The zero-order valence-electron chi connectivity index (χ0n) is 8.46. The summed E-state index contributed by atoms with van der Waals surface area (Å²) in [6.07, 6.45) is 0.605. The maximum atomic E-state index is 13.0. The summed E-state index contributed by atoms with van der Waals surface area (Å²) >= 11 is 3.43. The molecule has 0 saturated heterocycles. The second-order valence-electron chi connectivity index (χ2n) is 3.94. The van der Waals surface area contributed by atoms with E-state index < -0.39 is 16.4 Å². The Hall–Kier alpha value is -0.970. The lowest BCUT2D eigenvalue weighted by Gasteiger charge is -2.15. The van der Waals surface area contributed by atoms with Gasteiger partial charge in [-0.05, 0) is 31.9 Å². The number of benzene rings is 1. The van der Waals surface area contributed by atoms with E-state index in [-0.39, 0.29) is 4.32 Å². The van der Waals surface area contributed by atoms with Gasteiger partial charge in [-0.2, -0.15) is 4.39 Å². The molecule has 0 aliphatic rings. The maximum Gasteiger partial charge on any atom is 0.305 e. The molecule has 3 nitrogen and oxygen atoms in total. The fourth-order valence-corrected chi connectivity index (χ4v) is 1.62. The van der Waals surface area contributed by atoms with Crippen molar-refractivity contribution >= 4 is 21.6 Å². The molecule has 0 aliphatic carbocycles. The van der Waals surface area contributed by atoms with Crippen LogP contribution in [0.4, 0.5) is 10.1 Å². The lowest BCUT2D eigenvalue weighted by molar-refractivity contribution is -0.387. The van der Waals surface area contributed by atoms with Gasteiger partial charge in [-0.15, -0.1) is 0 Å². The number of nitro groups is 1. The minimum atomic E-state index is -0.795. The van der Waals surface area contributed by atoms with Gasteiger partial charge in [0, 0.05) is 10.4 Å². The third kappa shape index (κ3) is 3.58. The van der Waals surface area contributed by atoms with E-state index >= 15 is 0 Å². The van der Waals surface area contributed by atoms with Crippen molar-refractivity contribution in [2.75, 3.05) is 0 Å². The summed E-state index contributed by atoms with van der Waals surface area (Å²) in [6.45, 7) is 3.89. The van der Waals surface area contributed by atoms with Gasteiger partial charge in [0.2, 0.25) is 5.82 Å². The van der Waals surface area contributed by atoms with Crippen LogP contribution < -0.4 is 0 Å². The van der Waals surface area contributed by atoms with Crippen molar-refractivity contribution in [3.8, 4) is 0 Å². The van der Waals surface area contributed by atoms with Crippen LogP contribution in [-0.2, 0) is 6.42 Å². The highest BCUT2D eigenvalue weighted by Crippen LogP contribution is 2.25. The molecule has 1 aromatic carbocycles. The van der Waals surface area contributed by atoms with Crippen molar-refractivity contribution in [1.29, 1.82) is 0 Å². The first-order valence-corrected chi connectivity index (χ1v) is 5.20. The fourth-order valence-electron chi connectivity index (χ4n) is 1.29. The molecule has 0 aliphatic heterocycles. The third-order valence-electron chi connectivity index (χ3n) is 1.83. The summed E-state index contributed by atoms with van der Waals surface area (Å²) in [4.78, 5) is 9.79. The zero-order chi connectivity index (χ0) is 11.6. The molecular formula is C10H11BrFNO2. The fraction of sp³-hybridized carbons (Fsp3) is 0.400. The Balaban J connectivity index is 3.03. The quantitative estimate of drug-likeness (QED) is 0.482. The molecule has 0 bridgehead atoms. The number of rotatable bonds is 3. The highest BCUT2D eigenvalue weighted by molar-refractivity contribution is 9.10. The molecule has 1 rings (SSSR count). The smallest absolute Gasteiger partial charge is 0.258 e. The predicted octanol–water partition coefficient (Wildman–Crippen LogP) is 3.45. The normalized spacial score (nSPS) is 11.5. The zero-order valence-corrected chi connectivity index (χ0v) is 10.0. The molecule has 0 radical (unpaired) electrons. The average molecular weight is 276 g/mol. The van der Waals surface area contributed by atoms with E-state index in [0.29, 0.717) is 6.42 Å². The molecule has 82 valence electrons. The standard InChI is InChI=1S/C10H11BrFNO2/c1-10(2,11)6-7-3-4-8(12)9(5-7)13(14)15/h3-5H,6H2,1-2H3. The Bertz CT molecular complexity index is 387. The van der Waals surface area contributed by atoms with Crippen LogP contribution in [0.1, 0.15) is 19.4 Å². The van der Waals surface area contributed by atoms with Gasteiger partial charge in [-0.1, -0.05) is 22.0 Å². The van der Waals surface area contributed by atoms with E-state index in [2.05, 4.69) is 15.9 Å². The topological polar surface area (TPSA) is 43.1 Å². The summed E-state index contributed by atoms with van der Waals surface area (Å²) in [5.41, 5.74) is 0.272. The minimum absolute atomic E-state index is 0.154. The van der Waals surface area contributed by atoms with Crippen LogP contribution in [-0.4, -0.2) is 9.25 Å². The van der Waals surface area contributed by atoms with E-state index in [4.69, 9.17) is 0 Å². The SMILES string of the molecule is CC(C)(Br)Cc1ccc(F)c([N+](=O)[O-])c1. The number of alkyl halides is 1. The van der Waals surface area contributed by atoms with Gasteiger partial charge < -0.3 is 0 Å². The van der Waals surface area contributed by atoms with Crippen molar-refractivity contribution in [2.45, 2.75) is 24.6 Å². The van der Waals surface area contributed by atoms with Crippen molar-refractivity contribution in [3.05, 3.63) is 39.7 Å². The van der Waals surface area contributed by atoms with Crippen molar-refractivity contribution < 1.29 is 9.31 Å². The van der Waals surface area contributed by atoms with E-state index in [9.17, 15) is 14.5 Å². The van der Waals surface area contributed by atoms with Crippen molar-refractivity contribution in [2.24, 2.45) is 0 Å². The first-order valence-electron chi connectivity index (χ1n) is 4.41. The number of nitrogens with zero attached hydrogens (tertiary/aromatic N) is 1. The van der Waals surface area contributed by atoms with Crippen molar-refractivity contribution in [1.82, 2.24) is 0 Å². The van der Waals surface area contributed by atoms with E-state index in [0.717, 1.165) is 11.6 Å². The monoisotopic (exact) mass is 275 g/mol. The first-order chi connectivity index (χ1) is 6.79. The molecule has 0 unspecified atom stereocenters. The summed E-state index contributed by atoms with van der Waals surface area (Å²) in [5, 5.41) is 10.5. The molecule has 15 heavy (non-hydrogen) atoms. The van der Waals surface area contributed by atoms with Crippen LogP contribution in [0.3, 0.4) is 0 Å². The van der Waals surface area contributed by atoms with Gasteiger partial charge in [0.05, 0.1) is 4.92 Å².